The highest BCUT2D eigenvalue weighted by molar-refractivity contribution is 5.75. The van der Waals surface area contributed by atoms with Crippen LogP contribution in [0.25, 0.3) is 22.4 Å². The molecule has 0 unspecified atom stereocenters. The molecule has 0 aliphatic carbocycles. The van der Waals surface area contributed by atoms with Gasteiger partial charge in [-0.1, -0.05) is 11.2 Å². The van der Waals surface area contributed by atoms with Crippen molar-refractivity contribution in [2.45, 2.75) is 25.4 Å². The number of fused-ring (bicyclic) bond motifs is 1. The third-order valence-corrected chi connectivity index (χ3v) is 4.99. The van der Waals surface area contributed by atoms with Crippen LogP contribution in [-0.2, 0) is 6.54 Å². The first-order chi connectivity index (χ1) is 13.3. The summed E-state index contributed by atoms with van der Waals surface area (Å²) < 4.78 is 19.0. The Morgan fingerprint density at radius 1 is 1.19 bits per heavy atom. The number of H-pyrrole nitrogens is 1. The molecule has 4 aromatic rings. The summed E-state index contributed by atoms with van der Waals surface area (Å²) in [6, 6.07) is 12.4. The average molecular weight is 363 g/mol. The van der Waals surface area contributed by atoms with Crippen molar-refractivity contribution in [3.8, 4) is 11.4 Å². The Bertz CT molecular complexity index is 1070. The summed E-state index contributed by atoms with van der Waals surface area (Å²) in [7, 11) is 0. The second-order valence-corrected chi connectivity index (χ2v) is 6.81. The molecule has 1 N–H and O–H groups in total. The highest BCUT2D eigenvalue weighted by Gasteiger charge is 2.29. The molecule has 1 aliphatic heterocycles. The third kappa shape index (κ3) is 3.10. The van der Waals surface area contributed by atoms with E-state index in [0.717, 1.165) is 53.4 Å². The quantitative estimate of drug-likeness (QED) is 0.591. The number of imidazole rings is 1. The van der Waals surface area contributed by atoms with Crippen molar-refractivity contribution in [2.75, 3.05) is 6.54 Å². The van der Waals surface area contributed by atoms with Gasteiger partial charge in [0.25, 0.3) is 0 Å². The number of pyridine rings is 1. The minimum Gasteiger partial charge on any atom is -0.359 e. The van der Waals surface area contributed by atoms with E-state index in [1.54, 1.807) is 12.3 Å². The first-order valence-electron chi connectivity index (χ1n) is 9.02. The summed E-state index contributed by atoms with van der Waals surface area (Å²) in [5.74, 6) is 1.41. The Hall–Kier alpha value is -3.06. The largest absolute Gasteiger partial charge is 0.359 e. The van der Waals surface area contributed by atoms with Crippen molar-refractivity contribution in [3.05, 3.63) is 66.1 Å². The van der Waals surface area contributed by atoms with Crippen molar-refractivity contribution < 1.29 is 8.91 Å². The number of aromatic amines is 1. The molecule has 6 nitrogen and oxygen atoms in total. The molecule has 27 heavy (non-hydrogen) atoms. The standard InChI is InChI=1S/C20H18FN5O/c21-13-6-7-16-17(10-13)24-20(23-16)19-5-3-9-26(19)12-14-11-18(25-27-14)15-4-1-2-8-22-15/h1-2,4,6-8,10-11,19H,3,5,9,12H2,(H,23,24)/t19-/m0/s1. The molecule has 0 amide bonds. The number of hydrogen-bond donors (Lipinski definition) is 1. The lowest BCUT2D eigenvalue weighted by Gasteiger charge is -2.21. The lowest BCUT2D eigenvalue weighted by molar-refractivity contribution is 0.211. The van der Waals surface area contributed by atoms with Crippen LogP contribution in [0, 0.1) is 5.82 Å². The highest BCUT2D eigenvalue weighted by atomic mass is 19.1. The maximum absolute atomic E-state index is 13.4. The molecule has 1 aromatic carbocycles. The molecule has 1 saturated heterocycles. The number of hydrogen-bond acceptors (Lipinski definition) is 5. The van der Waals surface area contributed by atoms with Gasteiger partial charge in [0.15, 0.2) is 5.76 Å². The second kappa shape index (κ2) is 6.59. The van der Waals surface area contributed by atoms with Crippen molar-refractivity contribution in [1.82, 2.24) is 25.0 Å². The fourth-order valence-corrected chi connectivity index (χ4v) is 3.71. The van der Waals surface area contributed by atoms with Crippen molar-refractivity contribution >= 4 is 11.0 Å². The van der Waals surface area contributed by atoms with Crippen LogP contribution in [0.15, 0.2) is 53.2 Å². The summed E-state index contributed by atoms with van der Waals surface area (Å²) in [6.07, 6.45) is 3.82. The molecular formula is C20H18FN5O. The Balaban J connectivity index is 1.37. The van der Waals surface area contributed by atoms with Gasteiger partial charge in [0.1, 0.15) is 17.3 Å². The normalized spacial score (nSPS) is 17.7. The predicted octanol–water partition coefficient (Wildman–Crippen LogP) is 4.09. The van der Waals surface area contributed by atoms with Crippen molar-refractivity contribution in [3.63, 3.8) is 0 Å². The van der Waals surface area contributed by atoms with E-state index in [1.165, 1.54) is 12.1 Å². The molecule has 0 saturated carbocycles. The molecule has 1 fully saturated rings. The number of likely N-dealkylation sites (tertiary alicyclic amines) is 1. The molecule has 7 heteroatoms. The molecule has 4 heterocycles. The van der Waals surface area contributed by atoms with Crippen LogP contribution in [0.1, 0.15) is 30.5 Å². The van der Waals surface area contributed by atoms with E-state index in [0.29, 0.717) is 6.54 Å². The van der Waals surface area contributed by atoms with Gasteiger partial charge in [-0.05, 0) is 49.7 Å². The van der Waals surface area contributed by atoms with Gasteiger partial charge < -0.3 is 9.51 Å². The number of halogens is 1. The topological polar surface area (TPSA) is 70.8 Å². The lowest BCUT2D eigenvalue weighted by atomic mass is 10.2. The van der Waals surface area contributed by atoms with E-state index in [4.69, 9.17) is 4.52 Å². The van der Waals surface area contributed by atoms with E-state index in [2.05, 4.69) is 25.0 Å². The Morgan fingerprint density at radius 2 is 2.15 bits per heavy atom. The summed E-state index contributed by atoms with van der Waals surface area (Å²) in [6.45, 7) is 1.60. The SMILES string of the molecule is Fc1ccc2nc([C@@H]3CCCN3Cc3cc(-c4ccccn4)no3)[nH]c2c1. The molecule has 136 valence electrons. The molecule has 1 atom stereocenters. The van der Waals surface area contributed by atoms with E-state index >= 15 is 0 Å². The summed E-state index contributed by atoms with van der Waals surface area (Å²) in [4.78, 5) is 14.6. The van der Waals surface area contributed by atoms with Gasteiger partial charge in [0, 0.05) is 12.3 Å². The van der Waals surface area contributed by atoms with Gasteiger partial charge in [0.2, 0.25) is 0 Å². The molecule has 3 aromatic heterocycles. The first-order valence-corrected chi connectivity index (χ1v) is 9.02. The summed E-state index contributed by atoms with van der Waals surface area (Å²) >= 11 is 0. The van der Waals surface area contributed by atoms with Crippen LogP contribution in [0.4, 0.5) is 4.39 Å². The van der Waals surface area contributed by atoms with Gasteiger partial charge in [-0.3, -0.25) is 9.88 Å². The molecular weight excluding hydrogens is 345 g/mol. The number of rotatable bonds is 4. The zero-order valence-electron chi connectivity index (χ0n) is 14.6. The summed E-state index contributed by atoms with van der Waals surface area (Å²) in [5, 5.41) is 4.14. The predicted molar refractivity (Wildman–Crippen MR) is 98.2 cm³/mol. The van der Waals surface area contributed by atoms with Crippen LogP contribution in [0.3, 0.4) is 0 Å². The van der Waals surface area contributed by atoms with Gasteiger partial charge in [-0.15, -0.1) is 0 Å². The Morgan fingerprint density at radius 3 is 3.04 bits per heavy atom. The fraction of sp³-hybridized carbons (Fsp3) is 0.250. The first kappa shape index (κ1) is 16.1. The molecule has 0 spiro atoms. The van der Waals surface area contributed by atoms with Crippen LogP contribution in [-0.4, -0.2) is 31.6 Å². The third-order valence-electron chi connectivity index (χ3n) is 4.99. The number of nitrogens with one attached hydrogen (secondary N) is 1. The van der Waals surface area contributed by atoms with Gasteiger partial charge in [-0.2, -0.15) is 0 Å². The zero-order chi connectivity index (χ0) is 18.2. The van der Waals surface area contributed by atoms with Crippen LogP contribution in [0.5, 0.6) is 0 Å². The van der Waals surface area contributed by atoms with Crippen LogP contribution < -0.4 is 0 Å². The Kier molecular flexibility index (Phi) is 3.94. The molecule has 1 aliphatic rings. The van der Waals surface area contributed by atoms with Gasteiger partial charge in [-0.25, -0.2) is 9.37 Å². The fourth-order valence-electron chi connectivity index (χ4n) is 3.71. The second-order valence-electron chi connectivity index (χ2n) is 6.81. The Labute approximate surface area is 155 Å². The van der Waals surface area contributed by atoms with Gasteiger partial charge in [0.05, 0.1) is 29.3 Å². The number of aromatic nitrogens is 4. The highest BCUT2D eigenvalue weighted by Crippen LogP contribution is 2.33. The number of nitrogens with zero attached hydrogens (tertiary/aromatic N) is 4. The van der Waals surface area contributed by atoms with E-state index < -0.39 is 0 Å². The smallest absolute Gasteiger partial charge is 0.151 e. The minimum absolute atomic E-state index is 0.156. The maximum atomic E-state index is 13.4. The summed E-state index contributed by atoms with van der Waals surface area (Å²) in [5.41, 5.74) is 3.05. The molecule has 5 rings (SSSR count). The van der Waals surface area contributed by atoms with Crippen molar-refractivity contribution in [1.29, 1.82) is 0 Å². The van der Waals surface area contributed by atoms with Crippen molar-refractivity contribution in [2.24, 2.45) is 0 Å². The minimum atomic E-state index is -0.260. The number of benzene rings is 1. The van der Waals surface area contributed by atoms with E-state index in [9.17, 15) is 4.39 Å². The van der Waals surface area contributed by atoms with E-state index in [1.807, 2.05) is 24.3 Å². The lowest BCUT2D eigenvalue weighted by Crippen LogP contribution is -2.23. The molecule has 0 bridgehead atoms. The van der Waals surface area contributed by atoms with Gasteiger partial charge >= 0.3 is 0 Å². The van der Waals surface area contributed by atoms with Crippen LogP contribution >= 0.6 is 0 Å². The van der Waals surface area contributed by atoms with E-state index in [-0.39, 0.29) is 11.9 Å². The average Bonchev–Trinajstić information content (AvgIpc) is 3.41. The monoisotopic (exact) mass is 363 g/mol. The maximum Gasteiger partial charge on any atom is 0.151 e. The van der Waals surface area contributed by atoms with Crippen LogP contribution in [0.2, 0.25) is 0 Å². The molecule has 0 radical (unpaired) electrons. The zero-order valence-corrected chi connectivity index (χ0v) is 14.6.